The van der Waals surface area contributed by atoms with Gasteiger partial charge in [0.15, 0.2) is 17.5 Å². The van der Waals surface area contributed by atoms with E-state index in [0.29, 0.717) is 5.69 Å². The molecule has 4 rings (SSSR count). The Morgan fingerprint density at radius 3 is 2.40 bits per heavy atom. The highest BCUT2D eigenvalue weighted by Crippen LogP contribution is 2.27. The number of phenolic OH excluding ortho intramolecular Hbond substituents is 1. The standard InChI is InChI=1S/C22H16F3N3O2/c1-11(17-9-14-18(28(17)2)10-16(23)21(25)20(14)24)26-27-22(30)15-7-12-5-3-4-6-13(12)8-19(15)29/h3-10,29H,1-2H3,(H,27,30)/b26-11+. The summed E-state index contributed by atoms with van der Waals surface area (Å²) in [6, 6.07) is 12.5. The van der Waals surface area contributed by atoms with Crippen LogP contribution >= 0.6 is 0 Å². The fourth-order valence-electron chi connectivity index (χ4n) is 3.38. The minimum Gasteiger partial charge on any atom is -0.507 e. The molecular weight excluding hydrogens is 395 g/mol. The highest BCUT2D eigenvalue weighted by molar-refractivity contribution is 6.05. The largest absolute Gasteiger partial charge is 0.507 e. The number of hydrogen-bond acceptors (Lipinski definition) is 3. The fraction of sp³-hybridized carbons (Fsp3) is 0.0909. The lowest BCUT2D eigenvalue weighted by Gasteiger charge is -2.07. The van der Waals surface area contributed by atoms with E-state index in [9.17, 15) is 23.1 Å². The van der Waals surface area contributed by atoms with Crippen molar-refractivity contribution in [2.45, 2.75) is 6.92 Å². The molecule has 152 valence electrons. The molecule has 0 aliphatic rings. The van der Waals surface area contributed by atoms with Gasteiger partial charge in [-0.05, 0) is 35.9 Å². The Hall–Kier alpha value is -3.81. The number of halogens is 3. The van der Waals surface area contributed by atoms with Crippen LogP contribution in [0.3, 0.4) is 0 Å². The summed E-state index contributed by atoms with van der Waals surface area (Å²) < 4.78 is 42.6. The number of nitrogens with one attached hydrogen (secondary N) is 1. The van der Waals surface area contributed by atoms with Crippen LogP contribution in [0.25, 0.3) is 21.7 Å². The molecule has 3 aromatic carbocycles. The minimum atomic E-state index is -1.55. The number of nitrogens with zero attached hydrogens (tertiary/aromatic N) is 2. The van der Waals surface area contributed by atoms with Gasteiger partial charge in [-0.2, -0.15) is 5.10 Å². The normalized spacial score (nSPS) is 12.0. The van der Waals surface area contributed by atoms with E-state index in [4.69, 9.17) is 0 Å². The molecule has 4 aromatic rings. The lowest BCUT2D eigenvalue weighted by molar-refractivity contribution is 0.0952. The number of fused-ring (bicyclic) bond motifs is 2. The Morgan fingerprint density at radius 1 is 1.03 bits per heavy atom. The molecular formula is C22H16F3N3O2. The van der Waals surface area contributed by atoms with E-state index in [-0.39, 0.29) is 27.9 Å². The summed E-state index contributed by atoms with van der Waals surface area (Å²) >= 11 is 0. The first kappa shape index (κ1) is 19.5. The summed E-state index contributed by atoms with van der Waals surface area (Å²) in [4.78, 5) is 12.5. The second-order valence-corrected chi connectivity index (χ2v) is 6.86. The molecule has 0 aliphatic heterocycles. The summed E-state index contributed by atoms with van der Waals surface area (Å²) in [5.74, 6) is -4.96. The highest BCUT2D eigenvalue weighted by Gasteiger charge is 2.19. The molecule has 30 heavy (non-hydrogen) atoms. The van der Waals surface area contributed by atoms with Crippen molar-refractivity contribution in [1.29, 1.82) is 0 Å². The van der Waals surface area contributed by atoms with Crippen LogP contribution in [0.5, 0.6) is 5.75 Å². The molecule has 0 saturated heterocycles. The van der Waals surface area contributed by atoms with Crippen molar-refractivity contribution in [2.24, 2.45) is 12.1 Å². The van der Waals surface area contributed by atoms with Crippen molar-refractivity contribution in [3.8, 4) is 5.75 Å². The fourth-order valence-corrected chi connectivity index (χ4v) is 3.38. The first-order chi connectivity index (χ1) is 14.3. The number of phenols is 1. The molecule has 0 atom stereocenters. The van der Waals surface area contributed by atoms with Gasteiger partial charge in [-0.15, -0.1) is 0 Å². The number of aryl methyl sites for hydroxylation is 1. The monoisotopic (exact) mass is 411 g/mol. The Kier molecular flexibility index (Phi) is 4.69. The van der Waals surface area contributed by atoms with E-state index in [1.807, 2.05) is 24.3 Å². The molecule has 0 spiro atoms. The van der Waals surface area contributed by atoms with Gasteiger partial charge in [-0.3, -0.25) is 4.79 Å². The van der Waals surface area contributed by atoms with Crippen molar-refractivity contribution in [1.82, 2.24) is 9.99 Å². The van der Waals surface area contributed by atoms with Gasteiger partial charge in [-0.1, -0.05) is 24.3 Å². The number of aromatic nitrogens is 1. The van der Waals surface area contributed by atoms with Gasteiger partial charge in [0.1, 0.15) is 5.75 Å². The third kappa shape index (κ3) is 3.16. The van der Waals surface area contributed by atoms with Gasteiger partial charge >= 0.3 is 0 Å². The van der Waals surface area contributed by atoms with Crippen molar-refractivity contribution < 1.29 is 23.1 Å². The third-order valence-electron chi connectivity index (χ3n) is 4.99. The Morgan fingerprint density at radius 2 is 1.70 bits per heavy atom. The molecule has 1 heterocycles. The Balaban J connectivity index is 1.66. The quantitative estimate of drug-likeness (QED) is 0.294. The molecule has 0 fully saturated rings. The average molecular weight is 411 g/mol. The maximum atomic E-state index is 14.1. The number of amides is 1. The third-order valence-corrected chi connectivity index (χ3v) is 4.99. The van der Waals surface area contributed by atoms with Crippen LogP contribution in [-0.2, 0) is 7.05 Å². The molecule has 1 aromatic heterocycles. The van der Waals surface area contributed by atoms with Crippen molar-refractivity contribution in [2.75, 3.05) is 0 Å². The number of aromatic hydroxyl groups is 1. The van der Waals surface area contributed by atoms with Crippen LogP contribution in [-0.4, -0.2) is 21.3 Å². The Labute approximate surface area is 169 Å². The zero-order valence-electron chi connectivity index (χ0n) is 16.0. The molecule has 5 nitrogen and oxygen atoms in total. The maximum absolute atomic E-state index is 14.1. The molecule has 0 bridgehead atoms. The van der Waals surface area contributed by atoms with Gasteiger partial charge in [0.05, 0.1) is 22.5 Å². The molecule has 1 amide bonds. The Bertz CT molecular complexity index is 1360. The minimum absolute atomic E-state index is 0.0393. The topological polar surface area (TPSA) is 66.6 Å². The van der Waals surface area contributed by atoms with E-state index in [2.05, 4.69) is 10.5 Å². The average Bonchev–Trinajstić information content (AvgIpc) is 3.06. The van der Waals surface area contributed by atoms with Crippen molar-refractivity contribution in [3.63, 3.8) is 0 Å². The predicted octanol–water partition coefficient (Wildman–Crippen LogP) is 4.61. The van der Waals surface area contributed by atoms with E-state index in [0.717, 1.165) is 16.8 Å². The number of hydrogen-bond donors (Lipinski definition) is 2. The molecule has 2 N–H and O–H groups in total. The lowest BCUT2D eigenvalue weighted by atomic mass is 10.1. The first-order valence-electron chi connectivity index (χ1n) is 8.97. The molecule has 0 radical (unpaired) electrons. The smallest absolute Gasteiger partial charge is 0.275 e. The van der Waals surface area contributed by atoms with Gasteiger partial charge in [0.2, 0.25) is 0 Å². The summed E-state index contributed by atoms with van der Waals surface area (Å²) in [5.41, 5.74) is 3.17. The number of benzene rings is 3. The molecule has 8 heteroatoms. The van der Waals surface area contributed by atoms with Crippen molar-refractivity contribution >= 4 is 33.3 Å². The highest BCUT2D eigenvalue weighted by atomic mass is 19.2. The maximum Gasteiger partial charge on any atom is 0.275 e. The van der Waals surface area contributed by atoms with Gasteiger partial charge in [-0.25, -0.2) is 18.6 Å². The van der Waals surface area contributed by atoms with Crippen LogP contribution in [0.1, 0.15) is 23.0 Å². The van der Waals surface area contributed by atoms with E-state index >= 15 is 0 Å². The van der Waals surface area contributed by atoms with Crippen molar-refractivity contribution in [3.05, 3.63) is 77.2 Å². The van der Waals surface area contributed by atoms with E-state index in [1.54, 1.807) is 20.0 Å². The summed E-state index contributed by atoms with van der Waals surface area (Å²) in [7, 11) is 1.55. The number of carbonyl (C=O) groups is 1. The van der Waals surface area contributed by atoms with Crippen LogP contribution in [0, 0.1) is 17.5 Å². The van der Waals surface area contributed by atoms with E-state index < -0.39 is 23.4 Å². The molecule has 0 unspecified atom stereocenters. The lowest BCUT2D eigenvalue weighted by Crippen LogP contribution is -2.20. The second kappa shape index (κ2) is 7.22. The number of carbonyl (C=O) groups excluding carboxylic acids is 1. The van der Waals surface area contributed by atoms with Gasteiger partial charge in [0, 0.05) is 18.5 Å². The van der Waals surface area contributed by atoms with Gasteiger partial charge in [0.25, 0.3) is 5.91 Å². The number of hydrazone groups is 1. The predicted molar refractivity (Wildman–Crippen MR) is 108 cm³/mol. The van der Waals surface area contributed by atoms with E-state index in [1.165, 1.54) is 16.7 Å². The van der Waals surface area contributed by atoms with Crippen LogP contribution < -0.4 is 5.43 Å². The molecule has 0 saturated carbocycles. The summed E-state index contributed by atoms with van der Waals surface area (Å²) in [6.45, 7) is 1.55. The van der Waals surface area contributed by atoms with Crippen LogP contribution in [0.4, 0.5) is 13.2 Å². The summed E-state index contributed by atoms with van der Waals surface area (Å²) in [6.07, 6.45) is 0. The SMILES string of the molecule is C/C(=N\NC(=O)c1cc2ccccc2cc1O)c1cc2c(F)c(F)c(F)cc2n1C. The summed E-state index contributed by atoms with van der Waals surface area (Å²) in [5, 5.41) is 15.6. The van der Waals surface area contributed by atoms with Crippen LogP contribution in [0.15, 0.2) is 53.6 Å². The molecule has 0 aliphatic carbocycles. The zero-order chi connectivity index (χ0) is 21.6. The second-order valence-electron chi connectivity index (χ2n) is 6.86. The zero-order valence-corrected chi connectivity index (χ0v) is 16.0. The number of rotatable bonds is 3. The first-order valence-corrected chi connectivity index (χ1v) is 8.97. The van der Waals surface area contributed by atoms with Crippen LogP contribution in [0.2, 0.25) is 0 Å². The van der Waals surface area contributed by atoms with Gasteiger partial charge < -0.3 is 9.67 Å².